The third-order valence-corrected chi connectivity index (χ3v) is 2.65. The Morgan fingerprint density at radius 3 is 2.82 bits per heavy atom. The van der Waals surface area contributed by atoms with Crippen molar-refractivity contribution >= 4 is 23.3 Å². The van der Waals surface area contributed by atoms with Crippen LogP contribution in [-0.2, 0) is 9.53 Å². The molecule has 0 amide bonds. The minimum Gasteiger partial charge on any atom is -0.466 e. The number of aryl methyl sites for hydroxylation is 1. The molecule has 0 unspecified atom stereocenters. The average Bonchev–Trinajstić information content (AvgIpc) is 2.30. The third-order valence-electron chi connectivity index (χ3n) is 2.33. The molecule has 0 radical (unpaired) electrons. The predicted molar refractivity (Wildman–Crippen MR) is 70.5 cm³/mol. The second-order valence-electron chi connectivity index (χ2n) is 3.74. The summed E-state index contributed by atoms with van der Waals surface area (Å²) in [5, 5.41) is 3.81. The van der Waals surface area contributed by atoms with E-state index in [4.69, 9.17) is 11.6 Å². The zero-order valence-corrected chi connectivity index (χ0v) is 11.0. The number of esters is 1. The summed E-state index contributed by atoms with van der Waals surface area (Å²) in [6.07, 6.45) is 1.77. The van der Waals surface area contributed by atoms with Crippen LogP contribution >= 0.6 is 11.6 Å². The molecule has 1 aromatic carbocycles. The van der Waals surface area contributed by atoms with Crippen LogP contribution in [0.2, 0.25) is 5.02 Å². The first kappa shape index (κ1) is 13.6. The molecule has 4 heteroatoms. The van der Waals surface area contributed by atoms with Crippen LogP contribution in [0.25, 0.3) is 0 Å². The van der Waals surface area contributed by atoms with Crippen molar-refractivity contribution in [1.29, 1.82) is 0 Å². The molecule has 0 heterocycles. The summed E-state index contributed by atoms with van der Waals surface area (Å²) in [5.41, 5.74) is 2.54. The van der Waals surface area contributed by atoms with Crippen molar-refractivity contribution in [2.24, 2.45) is 0 Å². The topological polar surface area (TPSA) is 38.3 Å². The molecule has 0 spiro atoms. The van der Waals surface area contributed by atoms with E-state index in [9.17, 15) is 4.79 Å². The Morgan fingerprint density at radius 2 is 2.24 bits per heavy atom. The first-order chi connectivity index (χ1) is 8.04. The molecule has 0 saturated heterocycles. The highest BCUT2D eigenvalue weighted by molar-refractivity contribution is 6.33. The Labute approximate surface area is 106 Å². The number of anilines is 1. The van der Waals surface area contributed by atoms with Crippen LogP contribution in [0.15, 0.2) is 29.8 Å². The molecular formula is C13H16ClNO2. The van der Waals surface area contributed by atoms with E-state index >= 15 is 0 Å². The quantitative estimate of drug-likeness (QED) is 0.662. The summed E-state index contributed by atoms with van der Waals surface area (Å²) >= 11 is 6.06. The van der Waals surface area contributed by atoms with Gasteiger partial charge in [-0.1, -0.05) is 23.7 Å². The van der Waals surface area contributed by atoms with E-state index in [2.05, 4.69) is 10.1 Å². The lowest BCUT2D eigenvalue weighted by atomic mass is 10.2. The fourth-order valence-corrected chi connectivity index (χ4v) is 1.62. The molecule has 0 aromatic heterocycles. The molecule has 0 bridgehead atoms. The van der Waals surface area contributed by atoms with Crippen molar-refractivity contribution in [1.82, 2.24) is 0 Å². The van der Waals surface area contributed by atoms with Crippen molar-refractivity contribution in [3.8, 4) is 0 Å². The lowest BCUT2D eigenvalue weighted by Crippen LogP contribution is -2.05. The average molecular weight is 254 g/mol. The maximum absolute atomic E-state index is 11.1. The van der Waals surface area contributed by atoms with Crippen molar-refractivity contribution in [2.75, 3.05) is 19.0 Å². The summed E-state index contributed by atoms with van der Waals surface area (Å²) in [7, 11) is 1.37. The van der Waals surface area contributed by atoms with E-state index < -0.39 is 0 Å². The van der Waals surface area contributed by atoms with Gasteiger partial charge >= 0.3 is 5.97 Å². The molecule has 92 valence electrons. The number of nitrogens with one attached hydrogen (secondary N) is 1. The highest BCUT2D eigenvalue weighted by Gasteiger charge is 2.02. The van der Waals surface area contributed by atoms with Crippen LogP contribution in [0.5, 0.6) is 0 Å². The van der Waals surface area contributed by atoms with E-state index in [1.54, 1.807) is 13.0 Å². The summed E-state index contributed by atoms with van der Waals surface area (Å²) < 4.78 is 4.59. The number of hydrogen-bond donors (Lipinski definition) is 1. The summed E-state index contributed by atoms with van der Waals surface area (Å²) in [6, 6.07) is 5.78. The van der Waals surface area contributed by atoms with E-state index in [1.165, 1.54) is 7.11 Å². The molecular weight excluding hydrogens is 238 g/mol. The van der Waals surface area contributed by atoms with Gasteiger partial charge in [0, 0.05) is 12.1 Å². The molecule has 1 aromatic rings. The monoisotopic (exact) mass is 253 g/mol. The molecule has 0 aliphatic rings. The molecule has 17 heavy (non-hydrogen) atoms. The number of benzene rings is 1. The maximum atomic E-state index is 11.1. The summed E-state index contributed by atoms with van der Waals surface area (Å²) in [5.74, 6) is -0.318. The van der Waals surface area contributed by atoms with Crippen molar-refractivity contribution in [2.45, 2.75) is 13.8 Å². The van der Waals surface area contributed by atoms with Crippen LogP contribution in [-0.4, -0.2) is 19.6 Å². The minimum atomic E-state index is -0.318. The third kappa shape index (κ3) is 4.11. The van der Waals surface area contributed by atoms with Gasteiger partial charge in [0.25, 0.3) is 0 Å². The van der Waals surface area contributed by atoms with E-state index in [1.807, 2.05) is 25.1 Å². The van der Waals surface area contributed by atoms with E-state index in [-0.39, 0.29) is 5.97 Å². The molecule has 0 aliphatic carbocycles. The first-order valence-electron chi connectivity index (χ1n) is 5.29. The largest absolute Gasteiger partial charge is 0.466 e. The highest BCUT2D eigenvalue weighted by atomic mass is 35.5. The van der Waals surface area contributed by atoms with Gasteiger partial charge in [-0.3, -0.25) is 0 Å². The zero-order valence-electron chi connectivity index (χ0n) is 10.2. The highest BCUT2D eigenvalue weighted by Crippen LogP contribution is 2.22. The number of carbonyl (C=O) groups excluding carboxylic acids is 1. The Kier molecular flexibility index (Phi) is 5.04. The number of carbonyl (C=O) groups is 1. The van der Waals surface area contributed by atoms with Crippen molar-refractivity contribution in [3.63, 3.8) is 0 Å². The van der Waals surface area contributed by atoms with Gasteiger partial charge in [0.2, 0.25) is 0 Å². The van der Waals surface area contributed by atoms with Gasteiger partial charge in [0.05, 0.1) is 17.8 Å². The van der Waals surface area contributed by atoms with Crippen LogP contribution in [0.1, 0.15) is 12.5 Å². The SMILES string of the molecule is COC(=O)/C(C)=C/CNc1ccc(C)cc1Cl. The number of rotatable bonds is 4. The van der Waals surface area contributed by atoms with Gasteiger partial charge in [-0.05, 0) is 31.5 Å². The van der Waals surface area contributed by atoms with Gasteiger partial charge in [0.15, 0.2) is 0 Å². The van der Waals surface area contributed by atoms with Gasteiger partial charge in [-0.25, -0.2) is 4.79 Å². The summed E-state index contributed by atoms with van der Waals surface area (Å²) in [6.45, 7) is 4.23. The van der Waals surface area contributed by atoms with E-state index in [0.717, 1.165) is 11.3 Å². The van der Waals surface area contributed by atoms with Crippen molar-refractivity contribution < 1.29 is 9.53 Å². The minimum absolute atomic E-state index is 0.318. The first-order valence-corrected chi connectivity index (χ1v) is 5.67. The van der Waals surface area contributed by atoms with Crippen LogP contribution in [0, 0.1) is 6.92 Å². The van der Waals surface area contributed by atoms with Crippen molar-refractivity contribution in [3.05, 3.63) is 40.4 Å². The fourth-order valence-electron chi connectivity index (χ4n) is 1.32. The van der Waals surface area contributed by atoms with Crippen LogP contribution < -0.4 is 5.32 Å². The van der Waals surface area contributed by atoms with E-state index in [0.29, 0.717) is 17.1 Å². The smallest absolute Gasteiger partial charge is 0.333 e. The standard InChI is InChI=1S/C13H16ClNO2/c1-9-4-5-12(11(14)8-9)15-7-6-10(2)13(16)17-3/h4-6,8,15H,7H2,1-3H3/b10-6+. The van der Waals surface area contributed by atoms with Gasteiger partial charge in [-0.2, -0.15) is 0 Å². The lowest BCUT2D eigenvalue weighted by Gasteiger charge is -2.07. The Hall–Kier alpha value is -1.48. The van der Waals surface area contributed by atoms with Gasteiger partial charge in [-0.15, -0.1) is 0 Å². The Balaban J connectivity index is 2.59. The number of halogens is 1. The van der Waals surface area contributed by atoms with Gasteiger partial charge in [0.1, 0.15) is 0 Å². The molecule has 1 N–H and O–H groups in total. The number of methoxy groups -OCH3 is 1. The molecule has 0 fully saturated rings. The number of ether oxygens (including phenoxy) is 1. The molecule has 3 nitrogen and oxygen atoms in total. The van der Waals surface area contributed by atoms with Crippen LogP contribution in [0.3, 0.4) is 0 Å². The number of hydrogen-bond acceptors (Lipinski definition) is 3. The lowest BCUT2D eigenvalue weighted by molar-refractivity contribution is -0.136. The maximum Gasteiger partial charge on any atom is 0.333 e. The molecule has 0 saturated carbocycles. The molecule has 0 atom stereocenters. The molecule has 0 aliphatic heterocycles. The fraction of sp³-hybridized carbons (Fsp3) is 0.308. The van der Waals surface area contributed by atoms with Crippen LogP contribution in [0.4, 0.5) is 5.69 Å². The van der Waals surface area contributed by atoms with Gasteiger partial charge < -0.3 is 10.1 Å². The second-order valence-corrected chi connectivity index (χ2v) is 4.15. The zero-order chi connectivity index (χ0) is 12.8. The Bertz CT molecular complexity index is 441. The normalized spacial score (nSPS) is 11.2. The second kappa shape index (κ2) is 6.30. The predicted octanol–water partition coefficient (Wildman–Crippen LogP) is 3.18. The summed E-state index contributed by atoms with van der Waals surface area (Å²) in [4.78, 5) is 11.1. The molecule has 1 rings (SSSR count). The Morgan fingerprint density at radius 1 is 1.53 bits per heavy atom.